The molecule has 1 aliphatic carbocycles. The van der Waals surface area contributed by atoms with Gasteiger partial charge in [-0.15, -0.1) is 0 Å². The fraction of sp³-hybridized carbons (Fsp3) is 1.00. The van der Waals surface area contributed by atoms with E-state index in [1.165, 1.54) is 38.9 Å². The molecule has 2 nitrogen and oxygen atoms in total. The molecule has 1 heterocycles. The van der Waals surface area contributed by atoms with Crippen LogP contribution in [0.15, 0.2) is 0 Å². The van der Waals surface area contributed by atoms with E-state index in [0.717, 1.165) is 17.9 Å². The Bertz CT molecular complexity index is 141. The summed E-state index contributed by atoms with van der Waals surface area (Å²) in [6, 6.07) is 0.861. The van der Waals surface area contributed by atoms with E-state index in [1.54, 1.807) is 0 Å². The smallest absolute Gasteiger partial charge is 0.00965 e. The molecule has 2 N–H and O–H groups in total. The van der Waals surface area contributed by atoms with Crippen molar-refractivity contribution in [3.05, 3.63) is 0 Å². The number of rotatable bonds is 3. The van der Waals surface area contributed by atoms with Crippen LogP contribution in [0.4, 0.5) is 0 Å². The van der Waals surface area contributed by atoms with E-state index in [-0.39, 0.29) is 0 Å². The second-order valence-corrected chi connectivity index (χ2v) is 4.42. The Morgan fingerprint density at radius 1 is 1.33 bits per heavy atom. The summed E-state index contributed by atoms with van der Waals surface area (Å²) in [5.74, 6) is 1.89. The molecule has 0 spiro atoms. The second-order valence-electron chi connectivity index (χ2n) is 4.42. The summed E-state index contributed by atoms with van der Waals surface area (Å²) in [6.07, 6.45) is 4.15. The first-order valence-electron chi connectivity index (χ1n) is 5.30. The van der Waals surface area contributed by atoms with E-state index in [9.17, 15) is 0 Å². The Hall–Kier alpha value is -0.0800. The molecule has 2 heteroatoms. The number of nitrogens with one attached hydrogen (secondary N) is 2. The quantitative estimate of drug-likeness (QED) is 0.656. The van der Waals surface area contributed by atoms with Crippen molar-refractivity contribution in [1.29, 1.82) is 0 Å². The van der Waals surface area contributed by atoms with Gasteiger partial charge in [0.1, 0.15) is 0 Å². The number of piperidine rings is 1. The van der Waals surface area contributed by atoms with E-state index in [1.807, 2.05) is 0 Å². The number of hydrogen-bond acceptors (Lipinski definition) is 2. The third-order valence-electron chi connectivity index (χ3n) is 3.24. The summed E-state index contributed by atoms with van der Waals surface area (Å²) in [4.78, 5) is 0. The third-order valence-corrected chi connectivity index (χ3v) is 3.24. The van der Waals surface area contributed by atoms with E-state index >= 15 is 0 Å². The van der Waals surface area contributed by atoms with Crippen molar-refractivity contribution >= 4 is 0 Å². The van der Waals surface area contributed by atoms with Gasteiger partial charge in [-0.2, -0.15) is 0 Å². The monoisotopic (exact) mass is 168 g/mol. The Kier molecular flexibility index (Phi) is 2.66. The molecule has 70 valence electrons. The molecule has 0 radical (unpaired) electrons. The Balaban J connectivity index is 1.59. The van der Waals surface area contributed by atoms with Crippen LogP contribution >= 0.6 is 0 Å². The van der Waals surface area contributed by atoms with Crippen LogP contribution in [0.1, 0.15) is 26.2 Å². The maximum absolute atomic E-state index is 3.65. The van der Waals surface area contributed by atoms with E-state index in [2.05, 4.69) is 17.6 Å². The largest absolute Gasteiger partial charge is 0.317 e. The van der Waals surface area contributed by atoms with Crippen molar-refractivity contribution in [1.82, 2.24) is 10.6 Å². The van der Waals surface area contributed by atoms with Gasteiger partial charge in [-0.1, -0.05) is 6.92 Å². The molecule has 0 aromatic rings. The lowest BCUT2D eigenvalue weighted by atomic mass is 9.98. The highest BCUT2D eigenvalue weighted by molar-refractivity contribution is 4.90. The zero-order valence-corrected chi connectivity index (χ0v) is 7.97. The molecule has 0 aromatic carbocycles. The first-order chi connectivity index (χ1) is 5.86. The average Bonchev–Trinajstić information content (AvgIpc) is 2.81. The van der Waals surface area contributed by atoms with Crippen molar-refractivity contribution in [2.75, 3.05) is 19.6 Å². The minimum atomic E-state index is 0.861. The van der Waals surface area contributed by atoms with Crippen molar-refractivity contribution in [3.8, 4) is 0 Å². The summed E-state index contributed by atoms with van der Waals surface area (Å²) in [6.45, 7) is 6.05. The fourth-order valence-electron chi connectivity index (χ4n) is 2.01. The number of hydrogen-bond donors (Lipinski definition) is 2. The lowest BCUT2D eigenvalue weighted by molar-refractivity contribution is 0.354. The van der Waals surface area contributed by atoms with Gasteiger partial charge >= 0.3 is 0 Å². The van der Waals surface area contributed by atoms with Gasteiger partial charge in [0.2, 0.25) is 0 Å². The second kappa shape index (κ2) is 3.75. The standard InChI is InChI=1S/C10H20N2/c1-8-6-10(8)12-7-9-2-4-11-5-3-9/h8-12H,2-7H2,1H3. The first-order valence-corrected chi connectivity index (χ1v) is 5.30. The SMILES string of the molecule is CC1CC1NCC1CCNCC1. The van der Waals surface area contributed by atoms with Gasteiger partial charge in [0, 0.05) is 6.04 Å². The van der Waals surface area contributed by atoms with Gasteiger partial charge in [-0.25, -0.2) is 0 Å². The van der Waals surface area contributed by atoms with Crippen molar-refractivity contribution < 1.29 is 0 Å². The molecule has 2 rings (SSSR count). The summed E-state index contributed by atoms with van der Waals surface area (Å²) < 4.78 is 0. The fourth-order valence-corrected chi connectivity index (χ4v) is 2.01. The van der Waals surface area contributed by atoms with Crippen LogP contribution in [0.25, 0.3) is 0 Å². The molecule has 0 amide bonds. The van der Waals surface area contributed by atoms with Gasteiger partial charge < -0.3 is 10.6 Å². The third kappa shape index (κ3) is 2.20. The zero-order valence-electron chi connectivity index (χ0n) is 7.97. The molecule has 2 aliphatic rings. The van der Waals surface area contributed by atoms with Gasteiger partial charge in [-0.3, -0.25) is 0 Å². The highest BCUT2D eigenvalue weighted by Crippen LogP contribution is 2.29. The van der Waals surface area contributed by atoms with Crippen LogP contribution in [-0.4, -0.2) is 25.7 Å². The summed E-state index contributed by atoms with van der Waals surface area (Å²) in [5.41, 5.74) is 0. The van der Waals surface area contributed by atoms with E-state index in [4.69, 9.17) is 0 Å². The zero-order chi connectivity index (χ0) is 8.39. The molecule has 12 heavy (non-hydrogen) atoms. The Morgan fingerprint density at radius 2 is 2.00 bits per heavy atom. The Morgan fingerprint density at radius 3 is 2.58 bits per heavy atom. The van der Waals surface area contributed by atoms with Crippen molar-refractivity contribution in [3.63, 3.8) is 0 Å². The minimum Gasteiger partial charge on any atom is -0.317 e. The van der Waals surface area contributed by atoms with Gasteiger partial charge in [0.05, 0.1) is 0 Å². The van der Waals surface area contributed by atoms with E-state index < -0.39 is 0 Å². The molecular formula is C10H20N2. The van der Waals surface area contributed by atoms with Crippen molar-refractivity contribution in [2.45, 2.75) is 32.2 Å². The molecule has 0 bridgehead atoms. The van der Waals surface area contributed by atoms with Gasteiger partial charge in [-0.05, 0) is 50.7 Å². The van der Waals surface area contributed by atoms with Crippen molar-refractivity contribution in [2.24, 2.45) is 11.8 Å². The lowest BCUT2D eigenvalue weighted by Crippen LogP contribution is -2.34. The molecule has 2 fully saturated rings. The summed E-state index contributed by atoms with van der Waals surface area (Å²) in [5, 5.41) is 7.05. The van der Waals surface area contributed by atoms with Crippen LogP contribution in [-0.2, 0) is 0 Å². The average molecular weight is 168 g/mol. The molecule has 0 aromatic heterocycles. The van der Waals surface area contributed by atoms with Gasteiger partial charge in [0.15, 0.2) is 0 Å². The molecule has 1 aliphatic heterocycles. The minimum absolute atomic E-state index is 0.861. The highest BCUT2D eigenvalue weighted by Gasteiger charge is 2.32. The predicted octanol–water partition coefficient (Wildman–Crippen LogP) is 0.984. The molecule has 1 saturated heterocycles. The molecule has 2 unspecified atom stereocenters. The maximum Gasteiger partial charge on any atom is 0.00965 e. The molecule has 1 saturated carbocycles. The van der Waals surface area contributed by atoms with Gasteiger partial charge in [0.25, 0.3) is 0 Å². The first kappa shape index (κ1) is 8.52. The maximum atomic E-state index is 3.65. The molecular weight excluding hydrogens is 148 g/mol. The predicted molar refractivity (Wildman–Crippen MR) is 51.2 cm³/mol. The van der Waals surface area contributed by atoms with Crippen LogP contribution < -0.4 is 10.6 Å². The normalized spacial score (nSPS) is 36.8. The van der Waals surface area contributed by atoms with Crippen LogP contribution in [0.3, 0.4) is 0 Å². The topological polar surface area (TPSA) is 24.1 Å². The summed E-state index contributed by atoms with van der Waals surface area (Å²) >= 11 is 0. The lowest BCUT2D eigenvalue weighted by Gasteiger charge is -2.22. The van der Waals surface area contributed by atoms with Crippen LogP contribution in [0.2, 0.25) is 0 Å². The summed E-state index contributed by atoms with van der Waals surface area (Å²) in [7, 11) is 0. The highest BCUT2D eigenvalue weighted by atomic mass is 15.0. The van der Waals surface area contributed by atoms with E-state index in [0.29, 0.717) is 0 Å². The molecule has 2 atom stereocenters. The van der Waals surface area contributed by atoms with Crippen LogP contribution in [0.5, 0.6) is 0 Å². The Labute approximate surface area is 75.1 Å². The van der Waals surface area contributed by atoms with Crippen LogP contribution in [0, 0.1) is 11.8 Å².